The molecule has 0 spiro atoms. The topological polar surface area (TPSA) is 48.1 Å². The first kappa shape index (κ1) is 13.6. The molecule has 1 heterocycles. The third-order valence-corrected chi connectivity index (χ3v) is 4.89. The number of nitrogens with two attached hydrogens (primary N) is 1. The smallest absolute Gasteiger partial charge is 0.118 e. The van der Waals surface area contributed by atoms with Crippen LogP contribution in [0.25, 0.3) is 0 Å². The highest BCUT2D eigenvalue weighted by molar-refractivity contribution is 7.11. The van der Waals surface area contributed by atoms with E-state index in [-0.39, 0.29) is 6.04 Å². The lowest BCUT2D eigenvalue weighted by atomic mass is 10.1. The Morgan fingerprint density at radius 1 is 1.35 bits per heavy atom. The summed E-state index contributed by atoms with van der Waals surface area (Å²) in [7, 11) is 1.69. The van der Waals surface area contributed by atoms with Gasteiger partial charge in [-0.3, -0.25) is 0 Å². The predicted octanol–water partition coefficient (Wildman–Crippen LogP) is 3.64. The monoisotopic (exact) mass is 288 g/mol. The fourth-order valence-corrected chi connectivity index (χ4v) is 3.50. The van der Waals surface area contributed by atoms with E-state index in [0.29, 0.717) is 5.92 Å². The molecule has 0 aliphatic heterocycles. The van der Waals surface area contributed by atoms with Crippen LogP contribution in [0.4, 0.5) is 0 Å². The van der Waals surface area contributed by atoms with Crippen LogP contribution in [0.15, 0.2) is 24.3 Å². The Labute approximate surface area is 123 Å². The summed E-state index contributed by atoms with van der Waals surface area (Å²) in [6, 6.07) is 8.28. The summed E-state index contributed by atoms with van der Waals surface area (Å²) in [6.45, 7) is 2.05. The van der Waals surface area contributed by atoms with Crippen molar-refractivity contribution in [3.05, 3.63) is 45.4 Å². The van der Waals surface area contributed by atoms with E-state index in [2.05, 4.69) is 19.1 Å². The highest BCUT2D eigenvalue weighted by atomic mass is 32.1. The predicted molar refractivity (Wildman–Crippen MR) is 82.5 cm³/mol. The van der Waals surface area contributed by atoms with Crippen LogP contribution >= 0.6 is 11.3 Å². The molecular formula is C16H20N2OS. The van der Waals surface area contributed by atoms with Crippen molar-refractivity contribution in [2.75, 3.05) is 7.11 Å². The van der Waals surface area contributed by atoms with E-state index >= 15 is 0 Å². The molecule has 3 rings (SSSR count). The Bertz CT molecular complexity index is 566. The largest absolute Gasteiger partial charge is 0.497 e. The number of benzene rings is 1. The van der Waals surface area contributed by atoms with Crippen LogP contribution in [0.1, 0.15) is 52.9 Å². The van der Waals surface area contributed by atoms with E-state index in [1.807, 2.05) is 12.1 Å². The third-order valence-electron chi connectivity index (χ3n) is 3.62. The summed E-state index contributed by atoms with van der Waals surface area (Å²) >= 11 is 1.77. The summed E-state index contributed by atoms with van der Waals surface area (Å²) in [5, 5.41) is 1.17. The van der Waals surface area contributed by atoms with Crippen molar-refractivity contribution in [1.29, 1.82) is 0 Å². The zero-order chi connectivity index (χ0) is 14.1. The number of methoxy groups -OCH3 is 1. The number of ether oxygens (including phenoxy) is 1. The molecule has 4 heteroatoms. The second kappa shape index (κ2) is 5.54. The summed E-state index contributed by atoms with van der Waals surface area (Å²) in [4.78, 5) is 6.11. The molecule has 1 aliphatic rings. The Hall–Kier alpha value is -1.39. The van der Waals surface area contributed by atoms with Gasteiger partial charge in [0, 0.05) is 23.3 Å². The van der Waals surface area contributed by atoms with Crippen LogP contribution in [0.2, 0.25) is 0 Å². The van der Waals surface area contributed by atoms with E-state index in [0.717, 1.165) is 12.2 Å². The van der Waals surface area contributed by atoms with Crippen molar-refractivity contribution >= 4 is 11.3 Å². The Balaban J connectivity index is 1.81. The summed E-state index contributed by atoms with van der Waals surface area (Å²) in [5.74, 6) is 1.56. The molecule has 3 nitrogen and oxygen atoms in total. The van der Waals surface area contributed by atoms with Crippen LogP contribution in [0.3, 0.4) is 0 Å². The maximum atomic E-state index is 6.08. The number of hydrogen-bond acceptors (Lipinski definition) is 4. The molecule has 1 unspecified atom stereocenters. The maximum absolute atomic E-state index is 6.08. The van der Waals surface area contributed by atoms with Crippen molar-refractivity contribution in [2.45, 2.75) is 38.1 Å². The van der Waals surface area contributed by atoms with Gasteiger partial charge >= 0.3 is 0 Å². The number of rotatable bonds is 5. The van der Waals surface area contributed by atoms with Crippen molar-refractivity contribution in [1.82, 2.24) is 4.98 Å². The van der Waals surface area contributed by atoms with Crippen LogP contribution in [-0.2, 0) is 6.42 Å². The van der Waals surface area contributed by atoms with Crippen LogP contribution in [0, 0.1) is 0 Å². The molecule has 0 bridgehead atoms. The maximum Gasteiger partial charge on any atom is 0.118 e. The number of nitrogens with zero attached hydrogens (tertiary/aromatic N) is 1. The van der Waals surface area contributed by atoms with E-state index in [1.165, 1.54) is 34.0 Å². The summed E-state index contributed by atoms with van der Waals surface area (Å²) in [5.41, 5.74) is 8.60. The number of aromatic nitrogens is 1. The summed E-state index contributed by atoms with van der Waals surface area (Å²) < 4.78 is 5.18. The molecule has 1 saturated carbocycles. The van der Waals surface area contributed by atoms with Crippen LogP contribution in [0.5, 0.6) is 5.75 Å². The molecule has 0 radical (unpaired) electrons. The second-order valence-electron chi connectivity index (χ2n) is 5.44. The summed E-state index contributed by atoms with van der Waals surface area (Å²) in [6.07, 6.45) is 3.41. The lowest BCUT2D eigenvalue weighted by Gasteiger charge is -2.02. The number of hydrogen-bond donors (Lipinski definition) is 1. The molecule has 1 atom stereocenters. The van der Waals surface area contributed by atoms with Gasteiger partial charge in [0.1, 0.15) is 5.75 Å². The molecule has 1 aliphatic carbocycles. The standard InChI is InChI=1S/C16H20N2OS/c1-10(17)16-15(12-5-6-12)18-14(20-16)9-11-3-7-13(19-2)8-4-11/h3-4,7-8,10,12H,5-6,9,17H2,1-2H3. The molecule has 1 fully saturated rings. The van der Waals surface area contributed by atoms with Gasteiger partial charge in [-0.05, 0) is 37.5 Å². The highest BCUT2D eigenvalue weighted by Gasteiger charge is 2.30. The van der Waals surface area contributed by atoms with Gasteiger partial charge in [-0.25, -0.2) is 4.98 Å². The Morgan fingerprint density at radius 3 is 2.60 bits per heavy atom. The van der Waals surface area contributed by atoms with Gasteiger partial charge in [-0.1, -0.05) is 12.1 Å². The molecule has 20 heavy (non-hydrogen) atoms. The minimum absolute atomic E-state index is 0.0905. The zero-order valence-corrected chi connectivity index (χ0v) is 12.7. The van der Waals surface area contributed by atoms with Gasteiger partial charge in [-0.15, -0.1) is 11.3 Å². The first-order valence-electron chi connectivity index (χ1n) is 7.05. The van der Waals surface area contributed by atoms with E-state index < -0.39 is 0 Å². The zero-order valence-electron chi connectivity index (χ0n) is 11.9. The van der Waals surface area contributed by atoms with Crippen molar-refractivity contribution in [3.63, 3.8) is 0 Å². The van der Waals surface area contributed by atoms with Gasteiger partial charge in [0.15, 0.2) is 0 Å². The first-order chi connectivity index (χ1) is 9.67. The lowest BCUT2D eigenvalue weighted by molar-refractivity contribution is 0.414. The molecule has 106 valence electrons. The molecule has 1 aromatic carbocycles. The molecule has 0 amide bonds. The third kappa shape index (κ3) is 2.86. The molecule has 2 N–H and O–H groups in total. The first-order valence-corrected chi connectivity index (χ1v) is 7.87. The fraction of sp³-hybridized carbons (Fsp3) is 0.438. The van der Waals surface area contributed by atoms with E-state index in [9.17, 15) is 0 Å². The fourth-order valence-electron chi connectivity index (χ4n) is 2.36. The molecular weight excluding hydrogens is 268 g/mol. The van der Waals surface area contributed by atoms with Crippen molar-refractivity contribution in [3.8, 4) is 5.75 Å². The van der Waals surface area contributed by atoms with Gasteiger partial charge in [-0.2, -0.15) is 0 Å². The minimum Gasteiger partial charge on any atom is -0.497 e. The van der Waals surface area contributed by atoms with Crippen molar-refractivity contribution in [2.24, 2.45) is 5.73 Å². The highest BCUT2D eigenvalue weighted by Crippen LogP contribution is 2.44. The van der Waals surface area contributed by atoms with Crippen molar-refractivity contribution < 1.29 is 4.74 Å². The second-order valence-corrected chi connectivity index (χ2v) is 6.56. The average Bonchev–Trinajstić information content (AvgIpc) is 3.21. The SMILES string of the molecule is COc1ccc(Cc2nc(C3CC3)c(C(C)N)s2)cc1. The van der Waals surface area contributed by atoms with Gasteiger partial charge in [0.25, 0.3) is 0 Å². The Morgan fingerprint density at radius 2 is 2.05 bits per heavy atom. The number of thiazole rings is 1. The molecule has 0 saturated heterocycles. The quantitative estimate of drug-likeness (QED) is 0.913. The van der Waals surface area contributed by atoms with Gasteiger partial charge in [0.05, 0.1) is 17.8 Å². The van der Waals surface area contributed by atoms with E-state index in [1.54, 1.807) is 18.4 Å². The average molecular weight is 288 g/mol. The van der Waals surface area contributed by atoms with Crippen LogP contribution < -0.4 is 10.5 Å². The van der Waals surface area contributed by atoms with E-state index in [4.69, 9.17) is 15.5 Å². The molecule has 1 aromatic heterocycles. The minimum atomic E-state index is 0.0905. The van der Waals surface area contributed by atoms with Gasteiger partial charge in [0.2, 0.25) is 0 Å². The van der Waals surface area contributed by atoms with Crippen LogP contribution in [-0.4, -0.2) is 12.1 Å². The normalized spacial score (nSPS) is 16.1. The molecule has 2 aromatic rings. The Kier molecular flexibility index (Phi) is 3.76. The lowest BCUT2D eigenvalue weighted by Crippen LogP contribution is -2.05. The van der Waals surface area contributed by atoms with Gasteiger partial charge < -0.3 is 10.5 Å².